The van der Waals surface area contributed by atoms with Crippen LogP contribution in [0.5, 0.6) is 11.5 Å². The second-order valence-electron chi connectivity index (χ2n) is 10.5. The van der Waals surface area contributed by atoms with E-state index in [0.717, 1.165) is 11.8 Å². The van der Waals surface area contributed by atoms with Gasteiger partial charge in [-0.05, 0) is 29.7 Å². The molecule has 0 saturated heterocycles. The highest BCUT2D eigenvalue weighted by atomic mass is 35.5. The largest absolute Gasteiger partial charge is 0.493 e. The van der Waals surface area contributed by atoms with E-state index in [9.17, 15) is 9.59 Å². The number of carbonyl (C=O) groups is 2. The molecule has 2 heterocycles. The summed E-state index contributed by atoms with van der Waals surface area (Å²) in [5, 5.41) is 13.4. The van der Waals surface area contributed by atoms with E-state index in [0.29, 0.717) is 39.9 Å². The number of hydrogen-bond acceptors (Lipinski definition) is 9. The van der Waals surface area contributed by atoms with Gasteiger partial charge < -0.3 is 28.7 Å². The van der Waals surface area contributed by atoms with Crippen LogP contribution in [0.2, 0.25) is 5.02 Å². The number of hydrogen-bond donors (Lipinski definition) is 1. The Kier molecular flexibility index (Phi) is 9.27. The van der Waals surface area contributed by atoms with E-state index in [1.165, 1.54) is 0 Å². The minimum absolute atomic E-state index is 0.0388. The van der Waals surface area contributed by atoms with Gasteiger partial charge in [0, 0.05) is 34.8 Å². The van der Waals surface area contributed by atoms with Crippen molar-refractivity contribution >= 4 is 40.9 Å². The van der Waals surface area contributed by atoms with Gasteiger partial charge in [-0.3, -0.25) is 9.59 Å². The number of rotatable bonds is 10. The number of carboxylic acid groups (broad SMARTS) is 1. The van der Waals surface area contributed by atoms with Gasteiger partial charge in [-0.1, -0.05) is 49.7 Å². The highest BCUT2D eigenvalue weighted by Crippen LogP contribution is 2.45. The molecule has 40 heavy (non-hydrogen) atoms. The predicted octanol–water partition coefficient (Wildman–Crippen LogP) is 5.17. The highest BCUT2D eigenvalue weighted by Gasteiger charge is 2.40. The Balaban J connectivity index is 1.78. The zero-order chi connectivity index (χ0) is 29.0. The second kappa shape index (κ2) is 12.5. The van der Waals surface area contributed by atoms with Crippen molar-refractivity contribution in [2.75, 3.05) is 31.4 Å². The summed E-state index contributed by atoms with van der Waals surface area (Å²) >= 11 is 7.62. The van der Waals surface area contributed by atoms with Crippen LogP contribution in [0, 0.1) is 5.41 Å². The smallest absolute Gasteiger partial charge is 0.313 e. The number of aromatic nitrogens is 2. The standard InChI is InChI=1S/C28H32ClN3O7S/c1-28(2,3)15-32-19-10-9-16(29)11-18(19)25(17-7-6-8-20(36-4)26(17)37-5)38-21(27(32)35)12-22-30-23(39-31-22)13-40-14-24(33)34/h6-11,21,25H,12-15H2,1-5H3,(H,33,34)/t21-,25-/m1/s1. The first-order chi connectivity index (χ1) is 19.0. The van der Waals surface area contributed by atoms with Crippen LogP contribution in [0.15, 0.2) is 40.9 Å². The van der Waals surface area contributed by atoms with Crippen LogP contribution in [-0.4, -0.2) is 59.7 Å². The van der Waals surface area contributed by atoms with Crippen molar-refractivity contribution in [1.29, 1.82) is 0 Å². The molecule has 0 saturated carbocycles. The highest BCUT2D eigenvalue weighted by molar-refractivity contribution is 7.99. The molecule has 1 aromatic heterocycles. The maximum absolute atomic E-state index is 14.1. The van der Waals surface area contributed by atoms with Crippen LogP contribution in [0.25, 0.3) is 0 Å². The Morgan fingerprint density at radius 2 is 1.95 bits per heavy atom. The number of carbonyl (C=O) groups excluding carboxylic acids is 1. The quantitative estimate of drug-likeness (QED) is 0.339. The average molecular weight is 590 g/mol. The normalized spacial score (nSPS) is 17.4. The zero-order valence-electron chi connectivity index (χ0n) is 23.0. The molecule has 1 aliphatic heterocycles. The van der Waals surface area contributed by atoms with Gasteiger partial charge in [0.15, 0.2) is 17.3 Å². The number of benzene rings is 2. The molecule has 3 aromatic rings. The van der Waals surface area contributed by atoms with Crippen LogP contribution in [0.3, 0.4) is 0 Å². The van der Waals surface area contributed by atoms with E-state index in [1.807, 2.05) is 18.2 Å². The third-order valence-electron chi connectivity index (χ3n) is 6.08. The lowest BCUT2D eigenvalue weighted by molar-refractivity contribution is -0.134. The van der Waals surface area contributed by atoms with Gasteiger partial charge in [0.2, 0.25) is 5.89 Å². The summed E-state index contributed by atoms with van der Waals surface area (Å²) in [6.07, 6.45) is -1.68. The first kappa shape index (κ1) is 29.7. The van der Waals surface area contributed by atoms with E-state index in [-0.39, 0.29) is 41.0 Å². The summed E-state index contributed by atoms with van der Waals surface area (Å²) in [4.78, 5) is 31.1. The maximum atomic E-state index is 14.1. The fourth-order valence-corrected chi connectivity index (χ4v) is 5.27. The molecule has 0 spiro atoms. The van der Waals surface area contributed by atoms with E-state index >= 15 is 0 Å². The third-order valence-corrected chi connectivity index (χ3v) is 7.22. The number of ether oxygens (including phenoxy) is 3. The van der Waals surface area contributed by atoms with Gasteiger partial charge in [-0.25, -0.2) is 0 Å². The molecule has 214 valence electrons. The van der Waals surface area contributed by atoms with Crippen molar-refractivity contribution in [3.8, 4) is 11.5 Å². The number of nitrogens with zero attached hydrogens (tertiary/aromatic N) is 3. The fourth-order valence-electron chi connectivity index (χ4n) is 4.52. The van der Waals surface area contributed by atoms with Gasteiger partial charge in [-0.2, -0.15) is 4.98 Å². The number of methoxy groups -OCH3 is 2. The predicted molar refractivity (Wildman–Crippen MR) is 151 cm³/mol. The first-order valence-corrected chi connectivity index (χ1v) is 14.1. The van der Waals surface area contributed by atoms with Gasteiger partial charge >= 0.3 is 5.97 Å². The second-order valence-corrected chi connectivity index (χ2v) is 11.9. The maximum Gasteiger partial charge on any atom is 0.313 e. The van der Waals surface area contributed by atoms with Crippen LogP contribution in [0.1, 0.15) is 49.7 Å². The van der Waals surface area contributed by atoms with Crippen LogP contribution in [-0.2, 0) is 26.5 Å². The molecule has 0 fully saturated rings. The van der Waals surface area contributed by atoms with Crippen molar-refractivity contribution in [3.05, 3.63) is 64.3 Å². The third kappa shape index (κ3) is 6.89. The van der Waals surface area contributed by atoms with Crippen molar-refractivity contribution in [3.63, 3.8) is 0 Å². The summed E-state index contributed by atoms with van der Waals surface area (Å²) in [6, 6.07) is 10.9. The topological polar surface area (TPSA) is 124 Å². The van der Waals surface area contributed by atoms with Crippen molar-refractivity contribution < 1.29 is 33.4 Å². The number of carboxylic acids is 1. The first-order valence-electron chi connectivity index (χ1n) is 12.6. The van der Waals surface area contributed by atoms with Crippen molar-refractivity contribution in [2.45, 2.75) is 45.2 Å². The molecular weight excluding hydrogens is 558 g/mol. The molecule has 12 heteroatoms. The Morgan fingerprint density at radius 1 is 1.18 bits per heavy atom. The van der Waals surface area contributed by atoms with Crippen LogP contribution >= 0.6 is 23.4 Å². The molecule has 1 N–H and O–H groups in total. The van der Waals surface area contributed by atoms with Gasteiger partial charge in [0.25, 0.3) is 5.91 Å². The summed E-state index contributed by atoms with van der Waals surface area (Å²) < 4.78 is 23.2. The minimum atomic E-state index is -0.980. The number of amides is 1. The Hall–Kier alpha value is -3.28. The van der Waals surface area contributed by atoms with Crippen LogP contribution in [0.4, 0.5) is 5.69 Å². The van der Waals surface area contributed by atoms with Crippen LogP contribution < -0.4 is 14.4 Å². The van der Waals surface area contributed by atoms with Gasteiger partial charge in [-0.15, -0.1) is 11.8 Å². The number of thioether (sulfide) groups is 1. The lowest BCUT2D eigenvalue weighted by Gasteiger charge is -2.31. The molecule has 10 nitrogen and oxygen atoms in total. The molecule has 2 atom stereocenters. The number of aliphatic carboxylic acids is 1. The number of anilines is 1. The molecule has 0 aliphatic carbocycles. The number of fused-ring (bicyclic) bond motifs is 1. The molecule has 0 radical (unpaired) electrons. The van der Waals surface area contributed by atoms with Crippen molar-refractivity contribution in [1.82, 2.24) is 10.1 Å². The lowest BCUT2D eigenvalue weighted by atomic mass is 9.94. The Bertz CT molecular complexity index is 1370. The monoisotopic (exact) mass is 589 g/mol. The SMILES string of the molecule is COc1cccc([C@H]2O[C@H](Cc3noc(CSCC(=O)O)n3)C(=O)N(CC(C)(C)C)c3ccc(Cl)cc32)c1OC. The summed E-state index contributed by atoms with van der Waals surface area (Å²) in [5.41, 5.74) is 1.82. The van der Waals surface area contributed by atoms with E-state index in [4.69, 9.17) is 35.4 Å². The Morgan fingerprint density at radius 3 is 2.62 bits per heavy atom. The molecule has 1 amide bonds. The molecule has 0 unspecified atom stereocenters. The fraction of sp³-hybridized carbons (Fsp3) is 0.429. The summed E-state index contributed by atoms with van der Waals surface area (Å²) in [7, 11) is 3.11. The molecular formula is C28H32ClN3O7S. The summed E-state index contributed by atoms with van der Waals surface area (Å²) in [6.45, 7) is 6.59. The van der Waals surface area contributed by atoms with Gasteiger partial charge in [0.1, 0.15) is 12.2 Å². The van der Waals surface area contributed by atoms with E-state index in [1.54, 1.807) is 37.3 Å². The molecule has 4 rings (SSSR count). The minimum Gasteiger partial charge on any atom is -0.493 e. The number of halogens is 1. The van der Waals surface area contributed by atoms with E-state index in [2.05, 4.69) is 30.9 Å². The molecule has 0 bridgehead atoms. The Labute approximate surface area is 241 Å². The summed E-state index contributed by atoms with van der Waals surface area (Å²) in [5.74, 6) is 0.516. The van der Waals surface area contributed by atoms with Gasteiger partial charge in [0.05, 0.1) is 25.7 Å². The van der Waals surface area contributed by atoms with E-state index < -0.39 is 18.2 Å². The molecule has 1 aliphatic rings. The average Bonchev–Trinajstić information content (AvgIpc) is 3.31. The molecule has 2 aromatic carbocycles. The lowest BCUT2D eigenvalue weighted by Crippen LogP contribution is -2.44. The zero-order valence-corrected chi connectivity index (χ0v) is 24.5. The number of para-hydroxylation sites is 1. The van der Waals surface area contributed by atoms with Crippen molar-refractivity contribution in [2.24, 2.45) is 5.41 Å².